The SMILES string of the molecule is CCOCC(=O)N1C[C@@H]2CCC[C@]2(COC)C1. The Bertz CT molecular complexity index is 282. The van der Waals surface area contributed by atoms with Crippen molar-refractivity contribution in [3.05, 3.63) is 0 Å². The Hall–Kier alpha value is -0.610. The molecule has 0 unspecified atom stereocenters. The monoisotopic (exact) mass is 241 g/mol. The topological polar surface area (TPSA) is 38.8 Å². The van der Waals surface area contributed by atoms with Crippen LogP contribution in [-0.2, 0) is 14.3 Å². The number of carbonyl (C=O) groups excluding carboxylic acids is 1. The van der Waals surface area contributed by atoms with Crippen LogP contribution in [-0.4, -0.2) is 50.8 Å². The molecule has 2 rings (SSSR count). The van der Waals surface area contributed by atoms with E-state index >= 15 is 0 Å². The highest BCUT2D eigenvalue weighted by molar-refractivity contribution is 5.77. The first-order valence-electron chi connectivity index (χ1n) is 6.56. The minimum atomic E-state index is 0.136. The second-order valence-electron chi connectivity index (χ2n) is 5.30. The van der Waals surface area contributed by atoms with Gasteiger partial charge < -0.3 is 14.4 Å². The van der Waals surface area contributed by atoms with Crippen molar-refractivity contribution >= 4 is 5.91 Å². The molecule has 0 radical (unpaired) electrons. The van der Waals surface area contributed by atoms with Crippen LogP contribution in [0.25, 0.3) is 0 Å². The van der Waals surface area contributed by atoms with E-state index in [0.717, 1.165) is 19.7 Å². The highest BCUT2D eigenvalue weighted by atomic mass is 16.5. The van der Waals surface area contributed by atoms with Gasteiger partial charge in [-0.3, -0.25) is 4.79 Å². The number of rotatable bonds is 5. The van der Waals surface area contributed by atoms with E-state index in [1.54, 1.807) is 7.11 Å². The van der Waals surface area contributed by atoms with Crippen molar-refractivity contribution in [1.82, 2.24) is 4.90 Å². The van der Waals surface area contributed by atoms with Crippen molar-refractivity contribution in [2.75, 3.05) is 40.0 Å². The lowest BCUT2D eigenvalue weighted by Crippen LogP contribution is -2.36. The molecule has 1 amide bonds. The predicted octanol–water partition coefficient (Wildman–Crippen LogP) is 1.30. The van der Waals surface area contributed by atoms with E-state index in [2.05, 4.69) is 0 Å². The maximum Gasteiger partial charge on any atom is 0.248 e. The van der Waals surface area contributed by atoms with Crippen LogP contribution in [0.5, 0.6) is 0 Å². The van der Waals surface area contributed by atoms with Crippen molar-refractivity contribution in [2.24, 2.45) is 11.3 Å². The Balaban J connectivity index is 1.95. The first kappa shape index (κ1) is 12.8. The average molecular weight is 241 g/mol. The number of methoxy groups -OCH3 is 1. The van der Waals surface area contributed by atoms with E-state index in [1.165, 1.54) is 19.3 Å². The molecule has 0 N–H and O–H groups in total. The van der Waals surface area contributed by atoms with Gasteiger partial charge >= 0.3 is 0 Å². The maximum atomic E-state index is 11.9. The van der Waals surface area contributed by atoms with E-state index in [1.807, 2.05) is 11.8 Å². The number of ether oxygens (including phenoxy) is 2. The lowest BCUT2D eigenvalue weighted by molar-refractivity contribution is -0.135. The van der Waals surface area contributed by atoms with Gasteiger partial charge in [0.1, 0.15) is 6.61 Å². The summed E-state index contributed by atoms with van der Waals surface area (Å²) in [5.41, 5.74) is 0.233. The molecule has 4 heteroatoms. The highest BCUT2D eigenvalue weighted by Crippen LogP contribution is 2.48. The Morgan fingerprint density at radius 3 is 3.06 bits per heavy atom. The highest BCUT2D eigenvalue weighted by Gasteiger charge is 2.50. The van der Waals surface area contributed by atoms with Gasteiger partial charge in [-0.15, -0.1) is 0 Å². The van der Waals surface area contributed by atoms with Crippen LogP contribution < -0.4 is 0 Å². The van der Waals surface area contributed by atoms with Gasteiger partial charge in [0.2, 0.25) is 5.91 Å². The van der Waals surface area contributed by atoms with Crippen LogP contribution in [0.1, 0.15) is 26.2 Å². The molecule has 0 aromatic rings. The van der Waals surface area contributed by atoms with E-state index < -0.39 is 0 Å². The van der Waals surface area contributed by atoms with E-state index in [4.69, 9.17) is 9.47 Å². The third-order valence-electron chi connectivity index (χ3n) is 4.25. The molecule has 1 heterocycles. The summed E-state index contributed by atoms with van der Waals surface area (Å²) >= 11 is 0. The molecule has 4 nitrogen and oxygen atoms in total. The number of amides is 1. The Morgan fingerprint density at radius 2 is 2.35 bits per heavy atom. The quantitative estimate of drug-likeness (QED) is 0.728. The zero-order valence-corrected chi connectivity index (χ0v) is 10.9. The van der Waals surface area contributed by atoms with Gasteiger partial charge in [-0.2, -0.15) is 0 Å². The van der Waals surface area contributed by atoms with Crippen LogP contribution in [0, 0.1) is 11.3 Å². The van der Waals surface area contributed by atoms with Gasteiger partial charge in [0.05, 0.1) is 6.61 Å². The summed E-state index contributed by atoms with van der Waals surface area (Å²) in [7, 11) is 1.76. The summed E-state index contributed by atoms with van der Waals surface area (Å²) in [6.07, 6.45) is 3.72. The molecule has 0 bridgehead atoms. The summed E-state index contributed by atoms with van der Waals surface area (Å²) in [6, 6.07) is 0. The summed E-state index contributed by atoms with van der Waals surface area (Å²) in [6.45, 7) is 5.29. The van der Waals surface area contributed by atoms with Gasteiger partial charge in [-0.1, -0.05) is 6.42 Å². The standard InChI is InChI=1S/C13H23NO3/c1-3-17-8-12(15)14-7-11-5-4-6-13(11,9-14)10-16-2/h11H,3-10H2,1-2H3/t11-,13+/m0/s1. The largest absolute Gasteiger partial charge is 0.384 e. The van der Waals surface area contributed by atoms with E-state index in [9.17, 15) is 4.79 Å². The molecule has 1 aliphatic carbocycles. The number of carbonyl (C=O) groups is 1. The van der Waals surface area contributed by atoms with Gasteiger partial charge in [-0.25, -0.2) is 0 Å². The van der Waals surface area contributed by atoms with Crippen molar-refractivity contribution in [3.8, 4) is 0 Å². The zero-order valence-electron chi connectivity index (χ0n) is 10.9. The van der Waals surface area contributed by atoms with Crippen LogP contribution in [0.4, 0.5) is 0 Å². The van der Waals surface area contributed by atoms with E-state index in [0.29, 0.717) is 12.5 Å². The number of hydrogen-bond donors (Lipinski definition) is 0. The molecule has 98 valence electrons. The van der Waals surface area contributed by atoms with Gasteiger partial charge in [-0.05, 0) is 25.7 Å². The fraction of sp³-hybridized carbons (Fsp3) is 0.923. The second kappa shape index (κ2) is 5.36. The Kier molecular flexibility index (Phi) is 4.05. The number of likely N-dealkylation sites (tertiary alicyclic amines) is 1. The lowest BCUT2D eigenvalue weighted by atomic mass is 9.82. The second-order valence-corrected chi connectivity index (χ2v) is 5.30. The van der Waals surface area contributed by atoms with Crippen LogP contribution in [0.3, 0.4) is 0 Å². The molecule has 2 atom stereocenters. The lowest BCUT2D eigenvalue weighted by Gasteiger charge is -2.27. The summed E-state index contributed by atoms with van der Waals surface area (Å²) in [4.78, 5) is 13.9. The molecular formula is C13H23NO3. The van der Waals surface area contributed by atoms with E-state index in [-0.39, 0.29) is 17.9 Å². The zero-order chi connectivity index (χ0) is 12.3. The smallest absolute Gasteiger partial charge is 0.248 e. The molecule has 17 heavy (non-hydrogen) atoms. The van der Waals surface area contributed by atoms with Gasteiger partial charge in [0, 0.05) is 32.2 Å². The number of fused-ring (bicyclic) bond motifs is 1. The molecule has 1 saturated carbocycles. The fourth-order valence-electron chi connectivity index (χ4n) is 3.41. The fourth-order valence-corrected chi connectivity index (χ4v) is 3.41. The number of hydrogen-bond acceptors (Lipinski definition) is 3. The maximum absolute atomic E-state index is 11.9. The third kappa shape index (κ3) is 2.47. The molecule has 0 spiro atoms. The Morgan fingerprint density at radius 1 is 1.53 bits per heavy atom. The molecule has 0 aromatic carbocycles. The van der Waals surface area contributed by atoms with Crippen LogP contribution in [0.15, 0.2) is 0 Å². The minimum absolute atomic E-state index is 0.136. The van der Waals surface area contributed by atoms with Crippen LogP contribution in [0.2, 0.25) is 0 Å². The predicted molar refractivity (Wildman–Crippen MR) is 64.7 cm³/mol. The van der Waals surface area contributed by atoms with Crippen molar-refractivity contribution < 1.29 is 14.3 Å². The van der Waals surface area contributed by atoms with Gasteiger partial charge in [0.25, 0.3) is 0 Å². The van der Waals surface area contributed by atoms with Crippen molar-refractivity contribution in [1.29, 1.82) is 0 Å². The summed E-state index contributed by atoms with van der Waals surface area (Å²) in [5.74, 6) is 0.768. The summed E-state index contributed by atoms with van der Waals surface area (Å²) in [5, 5.41) is 0. The van der Waals surface area contributed by atoms with Crippen LogP contribution >= 0.6 is 0 Å². The third-order valence-corrected chi connectivity index (χ3v) is 4.25. The normalized spacial score (nSPS) is 31.9. The van der Waals surface area contributed by atoms with Crippen molar-refractivity contribution in [2.45, 2.75) is 26.2 Å². The van der Waals surface area contributed by atoms with Crippen molar-refractivity contribution in [3.63, 3.8) is 0 Å². The molecule has 1 saturated heterocycles. The average Bonchev–Trinajstić information content (AvgIpc) is 2.82. The van der Waals surface area contributed by atoms with Gasteiger partial charge in [0.15, 0.2) is 0 Å². The first-order valence-corrected chi connectivity index (χ1v) is 6.56. The minimum Gasteiger partial charge on any atom is -0.384 e. The molecule has 1 aliphatic heterocycles. The Labute approximate surface area is 103 Å². The molecule has 0 aromatic heterocycles. The first-order chi connectivity index (χ1) is 8.22. The molecular weight excluding hydrogens is 218 g/mol. The number of nitrogens with zero attached hydrogens (tertiary/aromatic N) is 1. The molecule has 2 fully saturated rings. The molecule has 2 aliphatic rings. The summed E-state index contributed by atoms with van der Waals surface area (Å²) < 4.78 is 10.6.